The molecule has 2 N–H and O–H groups in total. The monoisotopic (exact) mass is 176 g/mol. The number of fused-ring (bicyclic) bond motifs is 1. The molecule has 0 aromatic heterocycles. The van der Waals surface area contributed by atoms with Gasteiger partial charge in [-0.15, -0.1) is 0 Å². The molecule has 0 radical (unpaired) electrons. The molecule has 0 spiro atoms. The fraction of sp³-hybridized carbons (Fsp3) is 0.273. The van der Waals surface area contributed by atoms with Crippen LogP contribution in [0.25, 0.3) is 6.08 Å². The predicted molar refractivity (Wildman–Crippen MR) is 51.8 cm³/mol. The van der Waals surface area contributed by atoms with Crippen molar-refractivity contribution in [2.24, 2.45) is 0 Å². The molecule has 0 saturated heterocycles. The fourth-order valence-electron chi connectivity index (χ4n) is 1.64. The molecule has 0 fully saturated rings. The van der Waals surface area contributed by atoms with Gasteiger partial charge in [0.15, 0.2) is 0 Å². The van der Waals surface area contributed by atoms with Gasteiger partial charge in [0.05, 0.1) is 5.76 Å². The van der Waals surface area contributed by atoms with Crippen molar-refractivity contribution in [2.45, 2.75) is 19.8 Å². The Morgan fingerprint density at radius 3 is 2.69 bits per heavy atom. The lowest BCUT2D eigenvalue weighted by atomic mass is 9.94. The van der Waals surface area contributed by atoms with E-state index in [9.17, 15) is 10.2 Å². The number of phenols is 1. The van der Waals surface area contributed by atoms with E-state index in [0.717, 1.165) is 17.5 Å². The van der Waals surface area contributed by atoms with Crippen molar-refractivity contribution < 1.29 is 10.2 Å². The van der Waals surface area contributed by atoms with Gasteiger partial charge in [0.25, 0.3) is 0 Å². The van der Waals surface area contributed by atoms with Gasteiger partial charge in [-0.05, 0) is 42.2 Å². The van der Waals surface area contributed by atoms with Gasteiger partial charge >= 0.3 is 0 Å². The molecule has 2 rings (SSSR count). The van der Waals surface area contributed by atoms with Gasteiger partial charge in [0.2, 0.25) is 0 Å². The molecule has 0 amide bonds. The maximum Gasteiger partial charge on any atom is 0.119 e. The Kier molecular flexibility index (Phi) is 1.76. The Hall–Kier alpha value is -1.44. The summed E-state index contributed by atoms with van der Waals surface area (Å²) < 4.78 is 0. The van der Waals surface area contributed by atoms with Crippen LogP contribution in [0, 0.1) is 6.92 Å². The van der Waals surface area contributed by atoms with Crippen molar-refractivity contribution >= 4 is 6.08 Å². The van der Waals surface area contributed by atoms with Gasteiger partial charge in [-0.3, -0.25) is 0 Å². The first-order chi connectivity index (χ1) is 6.16. The van der Waals surface area contributed by atoms with Gasteiger partial charge in [0, 0.05) is 6.42 Å². The topological polar surface area (TPSA) is 40.5 Å². The highest BCUT2D eigenvalue weighted by atomic mass is 16.3. The molecule has 13 heavy (non-hydrogen) atoms. The summed E-state index contributed by atoms with van der Waals surface area (Å²) in [5.41, 5.74) is 3.04. The van der Waals surface area contributed by atoms with Crippen LogP contribution in [0.15, 0.2) is 17.9 Å². The third-order valence-corrected chi connectivity index (χ3v) is 2.43. The summed E-state index contributed by atoms with van der Waals surface area (Å²) in [7, 11) is 0. The molecule has 1 aromatic carbocycles. The molecule has 0 unspecified atom stereocenters. The largest absolute Gasteiger partial charge is 0.512 e. The van der Waals surface area contributed by atoms with Crippen molar-refractivity contribution in [3.05, 3.63) is 34.6 Å². The highest BCUT2D eigenvalue weighted by Crippen LogP contribution is 2.28. The van der Waals surface area contributed by atoms with E-state index in [4.69, 9.17) is 0 Å². The Morgan fingerprint density at radius 1 is 1.15 bits per heavy atom. The Labute approximate surface area is 77.1 Å². The average molecular weight is 176 g/mol. The second-order valence-corrected chi connectivity index (χ2v) is 3.47. The first kappa shape index (κ1) is 8.17. The summed E-state index contributed by atoms with van der Waals surface area (Å²) in [6, 6.07) is 3.69. The second kappa shape index (κ2) is 2.80. The average Bonchev–Trinajstić information content (AvgIpc) is 2.08. The number of hydrogen-bond acceptors (Lipinski definition) is 2. The Bertz CT molecular complexity index is 378. The van der Waals surface area contributed by atoms with Crippen LogP contribution in [0.5, 0.6) is 5.75 Å². The molecule has 0 saturated carbocycles. The first-order valence-electron chi connectivity index (χ1n) is 4.39. The number of phenolic OH excluding ortho intramolecular Hbond substituents is 1. The van der Waals surface area contributed by atoms with Gasteiger partial charge in [-0.2, -0.15) is 0 Å². The lowest BCUT2D eigenvalue weighted by Gasteiger charge is -2.14. The molecule has 0 bridgehead atoms. The normalized spacial score (nSPS) is 15.0. The van der Waals surface area contributed by atoms with Crippen molar-refractivity contribution in [1.82, 2.24) is 0 Å². The van der Waals surface area contributed by atoms with Crippen LogP contribution in [0.1, 0.15) is 23.1 Å². The number of hydrogen-bond donors (Lipinski definition) is 2. The summed E-state index contributed by atoms with van der Waals surface area (Å²) in [6.07, 6.45) is 3.29. The van der Waals surface area contributed by atoms with E-state index in [2.05, 4.69) is 0 Å². The maximum atomic E-state index is 9.45. The van der Waals surface area contributed by atoms with Gasteiger partial charge in [-0.25, -0.2) is 0 Å². The number of aromatic hydroxyl groups is 1. The minimum absolute atomic E-state index is 0.296. The van der Waals surface area contributed by atoms with E-state index in [-0.39, 0.29) is 0 Å². The van der Waals surface area contributed by atoms with E-state index in [0.29, 0.717) is 17.9 Å². The Morgan fingerprint density at radius 2 is 1.92 bits per heavy atom. The highest BCUT2D eigenvalue weighted by molar-refractivity contribution is 5.61. The van der Waals surface area contributed by atoms with Crippen LogP contribution in [-0.4, -0.2) is 10.2 Å². The zero-order valence-electron chi connectivity index (χ0n) is 7.54. The van der Waals surface area contributed by atoms with Crippen molar-refractivity contribution in [3.63, 3.8) is 0 Å². The van der Waals surface area contributed by atoms with Crippen LogP contribution in [0.2, 0.25) is 0 Å². The smallest absolute Gasteiger partial charge is 0.119 e. The van der Waals surface area contributed by atoms with Crippen LogP contribution < -0.4 is 0 Å². The van der Waals surface area contributed by atoms with Gasteiger partial charge in [0.1, 0.15) is 5.75 Å². The number of allylic oxidation sites excluding steroid dienone is 1. The number of aliphatic hydroxyl groups is 1. The maximum absolute atomic E-state index is 9.45. The summed E-state index contributed by atoms with van der Waals surface area (Å²) in [4.78, 5) is 0. The second-order valence-electron chi connectivity index (χ2n) is 3.47. The minimum Gasteiger partial charge on any atom is -0.512 e. The number of benzene rings is 1. The third-order valence-electron chi connectivity index (χ3n) is 2.43. The first-order valence-corrected chi connectivity index (χ1v) is 4.39. The number of aliphatic hydroxyl groups excluding tert-OH is 1. The third kappa shape index (κ3) is 1.39. The fourth-order valence-corrected chi connectivity index (χ4v) is 1.64. The highest BCUT2D eigenvalue weighted by Gasteiger charge is 2.11. The lowest BCUT2D eigenvalue weighted by Crippen LogP contribution is -1.99. The van der Waals surface area contributed by atoms with E-state index in [1.807, 2.05) is 13.0 Å². The molecule has 1 aliphatic carbocycles. The van der Waals surface area contributed by atoms with E-state index >= 15 is 0 Å². The van der Waals surface area contributed by atoms with Crippen LogP contribution >= 0.6 is 0 Å². The summed E-state index contributed by atoms with van der Waals surface area (Å²) >= 11 is 0. The molecule has 2 nitrogen and oxygen atoms in total. The van der Waals surface area contributed by atoms with E-state index in [1.165, 1.54) is 5.56 Å². The van der Waals surface area contributed by atoms with Crippen molar-refractivity contribution in [3.8, 4) is 5.75 Å². The zero-order chi connectivity index (χ0) is 9.42. The zero-order valence-corrected chi connectivity index (χ0v) is 7.54. The molecule has 1 aromatic rings. The molecule has 0 atom stereocenters. The molecule has 2 heteroatoms. The van der Waals surface area contributed by atoms with E-state index < -0.39 is 0 Å². The van der Waals surface area contributed by atoms with Crippen LogP contribution in [0.4, 0.5) is 0 Å². The SMILES string of the molecule is Cc1cc2c(cc1O)C=C(O)CC2. The van der Waals surface area contributed by atoms with Gasteiger partial charge < -0.3 is 10.2 Å². The molecule has 68 valence electrons. The molecule has 0 heterocycles. The van der Waals surface area contributed by atoms with Crippen LogP contribution in [0.3, 0.4) is 0 Å². The lowest BCUT2D eigenvalue weighted by molar-refractivity contribution is 0.391. The molecule has 0 aliphatic heterocycles. The van der Waals surface area contributed by atoms with E-state index in [1.54, 1.807) is 12.1 Å². The van der Waals surface area contributed by atoms with Crippen molar-refractivity contribution in [2.75, 3.05) is 0 Å². The standard InChI is InChI=1S/C11H12O2/c1-7-4-8-2-3-10(12)5-9(8)6-11(7)13/h4-6,12-13H,2-3H2,1H3. The summed E-state index contributed by atoms with van der Waals surface area (Å²) in [5.74, 6) is 0.695. The van der Waals surface area contributed by atoms with Crippen molar-refractivity contribution in [1.29, 1.82) is 0 Å². The minimum atomic E-state index is 0.296. The van der Waals surface area contributed by atoms with Gasteiger partial charge in [-0.1, -0.05) is 6.07 Å². The van der Waals surface area contributed by atoms with Crippen LogP contribution in [-0.2, 0) is 6.42 Å². The number of aryl methyl sites for hydroxylation is 2. The summed E-state index contributed by atoms with van der Waals surface area (Å²) in [6.45, 7) is 1.88. The number of rotatable bonds is 0. The molecular formula is C11H12O2. The quantitative estimate of drug-likeness (QED) is 0.637. The Balaban J connectivity index is 2.57. The predicted octanol–water partition coefficient (Wildman–Crippen LogP) is 2.55. The molecule has 1 aliphatic rings. The summed E-state index contributed by atoms with van der Waals surface area (Å²) in [5, 5.41) is 18.7. The molecular weight excluding hydrogens is 164 g/mol.